The molecule has 1 fully saturated rings. The fraction of sp³-hybridized carbons (Fsp3) is 1.00. The van der Waals surface area contributed by atoms with Crippen molar-refractivity contribution in [2.75, 3.05) is 13.2 Å². The second-order valence-corrected chi connectivity index (χ2v) is 3.07. The maximum absolute atomic E-state index is 11.5. The Morgan fingerprint density at radius 3 is 2.92 bits per heavy atom. The molecular formula is C8H15F2NO. The molecule has 1 unspecified atom stereocenters. The third kappa shape index (κ3) is 3.97. The number of nitrogens with one attached hydrogen (secondary N) is 1. The molecule has 1 N–H and O–H groups in total. The molecule has 1 rings (SSSR count). The minimum atomic E-state index is -2.61. The molecule has 0 aromatic carbocycles. The van der Waals surface area contributed by atoms with Crippen LogP contribution in [0.2, 0.25) is 0 Å². The Morgan fingerprint density at radius 1 is 1.50 bits per heavy atom. The summed E-state index contributed by atoms with van der Waals surface area (Å²) in [5.74, 6) is 0. The van der Waals surface area contributed by atoms with Crippen molar-refractivity contribution in [3.05, 3.63) is 0 Å². The first kappa shape index (κ1) is 9.86. The van der Waals surface area contributed by atoms with E-state index in [1.165, 1.54) is 12.8 Å². The van der Waals surface area contributed by atoms with Crippen LogP contribution in [-0.4, -0.2) is 25.8 Å². The predicted octanol–water partition coefficient (Wildman–Crippen LogP) is 1.76. The lowest BCUT2D eigenvalue weighted by atomic mass is 10.1. The van der Waals surface area contributed by atoms with Gasteiger partial charge in [0.15, 0.2) is 0 Å². The van der Waals surface area contributed by atoms with Gasteiger partial charge in [0.05, 0.1) is 6.61 Å². The summed E-state index contributed by atoms with van der Waals surface area (Å²) in [6.07, 6.45) is 4.06. The Morgan fingerprint density at radius 2 is 2.33 bits per heavy atom. The molecule has 12 heavy (non-hydrogen) atoms. The monoisotopic (exact) mass is 179 g/mol. The molecule has 1 aliphatic rings. The molecule has 0 bridgehead atoms. The van der Waals surface area contributed by atoms with Crippen molar-refractivity contribution in [3.63, 3.8) is 0 Å². The van der Waals surface area contributed by atoms with Crippen LogP contribution in [0.5, 0.6) is 0 Å². The molecule has 1 heterocycles. The summed E-state index contributed by atoms with van der Waals surface area (Å²) < 4.78 is 27.1. The molecule has 0 aliphatic carbocycles. The Bertz CT molecular complexity index is 116. The van der Waals surface area contributed by atoms with Gasteiger partial charge in [-0.1, -0.05) is 0 Å². The number of alkyl halides is 2. The largest absolute Gasteiger partial charge is 0.345 e. The summed E-state index contributed by atoms with van der Waals surface area (Å²) in [7, 11) is 0. The van der Waals surface area contributed by atoms with Crippen LogP contribution in [-0.2, 0) is 4.74 Å². The molecule has 0 aromatic rings. The molecule has 1 atom stereocenters. The first-order valence-corrected chi connectivity index (χ1v) is 4.42. The van der Waals surface area contributed by atoms with E-state index in [-0.39, 0.29) is 6.61 Å². The SMILES string of the molecule is FC(F)OCCCC1CCCN1. The summed E-state index contributed by atoms with van der Waals surface area (Å²) >= 11 is 0. The zero-order chi connectivity index (χ0) is 8.81. The van der Waals surface area contributed by atoms with Crippen molar-refractivity contribution in [3.8, 4) is 0 Å². The van der Waals surface area contributed by atoms with Crippen LogP contribution in [0.25, 0.3) is 0 Å². The predicted molar refractivity (Wildman–Crippen MR) is 42.2 cm³/mol. The van der Waals surface area contributed by atoms with Gasteiger partial charge in [0, 0.05) is 6.04 Å². The lowest BCUT2D eigenvalue weighted by Crippen LogP contribution is -2.21. The molecule has 72 valence electrons. The van der Waals surface area contributed by atoms with Gasteiger partial charge in [-0.25, -0.2) is 0 Å². The summed E-state index contributed by atoms with van der Waals surface area (Å²) in [5, 5.41) is 3.30. The van der Waals surface area contributed by atoms with Gasteiger partial charge < -0.3 is 10.1 Å². The zero-order valence-electron chi connectivity index (χ0n) is 7.06. The number of halogens is 2. The van der Waals surface area contributed by atoms with Crippen molar-refractivity contribution >= 4 is 0 Å². The normalized spacial score (nSPS) is 23.8. The highest BCUT2D eigenvalue weighted by Crippen LogP contribution is 2.10. The Balaban J connectivity index is 1.88. The second kappa shape index (κ2) is 5.43. The van der Waals surface area contributed by atoms with E-state index in [4.69, 9.17) is 0 Å². The van der Waals surface area contributed by atoms with Crippen LogP contribution in [0, 0.1) is 0 Å². The summed E-state index contributed by atoms with van der Waals surface area (Å²) in [5.41, 5.74) is 0. The maximum atomic E-state index is 11.5. The van der Waals surface area contributed by atoms with E-state index in [9.17, 15) is 8.78 Å². The van der Waals surface area contributed by atoms with Crippen LogP contribution in [0.15, 0.2) is 0 Å². The van der Waals surface area contributed by atoms with E-state index < -0.39 is 6.61 Å². The van der Waals surface area contributed by atoms with Gasteiger partial charge in [0.25, 0.3) is 0 Å². The van der Waals surface area contributed by atoms with Gasteiger partial charge in [0.1, 0.15) is 0 Å². The van der Waals surface area contributed by atoms with E-state index in [0.29, 0.717) is 6.04 Å². The molecule has 4 heteroatoms. The second-order valence-electron chi connectivity index (χ2n) is 3.07. The Kier molecular flexibility index (Phi) is 4.46. The quantitative estimate of drug-likeness (QED) is 0.649. The van der Waals surface area contributed by atoms with Crippen LogP contribution >= 0.6 is 0 Å². The summed E-state index contributed by atoms with van der Waals surface area (Å²) in [6, 6.07) is 0.534. The molecular weight excluding hydrogens is 164 g/mol. The Hall–Kier alpha value is -0.220. The number of hydrogen-bond acceptors (Lipinski definition) is 2. The van der Waals surface area contributed by atoms with Gasteiger partial charge >= 0.3 is 6.61 Å². The highest BCUT2D eigenvalue weighted by atomic mass is 19.3. The third-order valence-corrected chi connectivity index (χ3v) is 2.10. The average molecular weight is 179 g/mol. The van der Waals surface area contributed by atoms with Gasteiger partial charge in [-0.3, -0.25) is 0 Å². The maximum Gasteiger partial charge on any atom is 0.345 e. The summed E-state index contributed by atoms with van der Waals surface area (Å²) in [6.45, 7) is -1.36. The van der Waals surface area contributed by atoms with E-state index in [1.54, 1.807) is 0 Å². The van der Waals surface area contributed by atoms with Gasteiger partial charge in [-0.05, 0) is 32.2 Å². The zero-order valence-corrected chi connectivity index (χ0v) is 7.06. The van der Waals surface area contributed by atoms with Crippen molar-refractivity contribution in [1.29, 1.82) is 0 Å². The first-order valence-electron chi connectivity index (χ1n) is 4.42. The van der Waals surface area contributed by atoms with Gasteiger partial charge in [0.2, 0.25) is 0 Å². The van der Waals surface area contributed by atoms with Crippen molar-refractivity contribution in [1.82, 2.24) is 5.32 Å². The minimum Gasteiger partial charge on any atom is -0.323 e. The Labute approximate surface area is 71.3 Å². The standard InChI is InChI=1S/C8H15F2NO/c9-8(10)12-6-2-4-7-3-1-5-11-7/h7-8,11H,1-6H2. The highest BCUT2D eigenvalue weighted by molar-refractivity contribution is 4.73. The van der Waals surface area contributed by atoms with Gasteiger partial charge in [-0.2, -0.15) is 8.78 Å². The lowest BCUT2D eigenvalue weighted by molar-refractivity contribution is -0.129. The van der Waals surface area contributed by atoms with Crippen LogP contribution in [0.4, 0.5) is 8.78 Å². The van der Waals surface area contributed by atoms with E-state index >= 15 is 0 Å². The topological polar surface area (TPSA) is 21.3 Å². The molecule has 0 saturated carbocycles. The van der Waals surface area contributed by atoms with Crippen LogP contribution in [0.3, 0.4) is 0 Å². The van der Waals surface area contributed by atoms with E-state index in [2.05, 4.69) is 10.1 Å². The molecule has 0 amide bonds. The first-order chi connectivity index (χ1) is 5.79. The minimum absolute atomic E-state index is 0.176. The number of hydrogen-bond donors (Lipinski definition) is 1. The van der Waals surface area contributed by atoms with Crippen LogP contribution < -0.4 is 5.32 Å². The van der Waals surface area contributed by atoms with Crippen LogP contribution in [0.1, 0.15) is 25.7 Å². The molecule has 2 nitrogen and oxygen atoms in total. The van der Waals surface area contributed by atoms with Crippen molar-refractivity contribution < 1.29 is 13.5 Å². The smallest absolute Gasteiger partial charge is 0.323 e. The van der Waals surface area contributed by atoms with E-state index in [0.717, 1.165) is 19.4 Å². The summed E-state index contributed by atoms with van der Waals surface area (Å²) in [4.78, 5) is 0. The lowest BCUT2D eigenvalue weighted by Gasteiger charge is -2.09. The average Bonchev–Trinajstić information content (AvgIpc) is 2.49. The molecule has 0 spiro atoms. The van der Waals surface area contributed by atoms with Gasteiger partial charge in [-0.15, -0.1) is 0 Å². The van der Waals surface area contributed by atoms with Crippen molar-refractivity contribution in [2.24, 2.45) is 0 Å². The fourth-order valence-corrected chi connectivity index (χ4v) is 1.51. The molecule has 0 radical (unpaired) electrons. The van der Waals surface area contributed by atoms with E-state index in [1.807, 2.05) is 0 Å². The number of rotatable bonds is 5. The number of ether oxygens (including phenoxy) is 1. The highest BCUT2D eigenvalue weighted by Gasteiger charge is 2.13. The molecule has 1 saturated heterocycles. The molecule has 0 aromatic heterocycles. The van der Waals surface area contributed by atoms with Crippen molar-refractivity contribution in [2.45, 2.75) is 38.3 Å². The fourth-order valence-electron chi connectivity index (χ4n) is 1.51. The third-order valence-electron chi connectivity index (χ3n) is 2.10. The molecule has 1 aliphatic heterocycles.